The second-order valence-electron chi connectivity index (χ2n) is 3.90. The van der Waals surface area contributed by atoms with Gasteiger partial charge >= 0.3 is 5.97 Å². The topological polar surface area (TPSA) is 73.0 Å². The molecule has 0 amide bonds. The summed E-state index contributed by atoms with van der Waals surface area (Å²) >= 11 is 0. The molecule has 92 valence electrons. The van der Waals surface area contributed by atoms with E-state index < -0.39 is 12.2 Å². The zero-order valence-electron chi connectivity index (χ0n) is 9.66. The van der Waals surface area contributed by atoms with Crippen molar-refractivity contribution in [2.45, 2.75) is 13.2 Å². The molecule has 0 fully saturated rings. The van der Waals surface area contributed by atoms with Gasteiger partial charge in [0, 0.05) is 24.5 Å². The van der Waals surface area contributed by atoms with Crippen molar-refractivity contribution in [1.29, 1.82) is 0 Å². The summed E-state index contributed by atoms with van der Waals surface area (Å²) in [6.45, 7) is 1.77. The quantitative estimate of drug-likeness (QED) is 0.719. The van der Waals surface area contributed by atoms with Crippen molar-refractivity contribution in [2.24, 2.45) is 0 Å². The number of furan rings is 1. The van der Waals surface area contributed by atoms with Crippen LogP contribution in [0.1, 0.15) is 23.6 Å². The number of hydrogen-bond donors (Lipinski definition) is 1. The normalized spacial score (nSPS) is 12.7. The van der Waals surface area contributed by atoms with Gasteiger partial charge in [-0.25, -0.2) is 9.78 Å². The first-order valence-corrected chi connectivity index (χ1v) is 5.48. The van der Waals surface area contributed by atoms with E-state index in [0.717, 1.165) is 5.52 Å². The van der Waals surface area contributed by atoms with Gasteiger partial charge < -0.3 is 18.7 Å². The monoisotopic (exact) mass is 245 g/mol. The Morgan fingerprint density at radius 3 is 3.22 bits per heavy atom. The first-order valence-electron chi connectivity index (χ1n) is 5.48. The van der Waals surface area contributed by atoms with Crippen molar-refractivity contribution < 1.29 is 13.9 Å². The van der Waals surface area contributed by atoms with Gasteiger partial charge in [-0.15, -0.1) is 0 Å². The first kappa shape index (κ1) is 10.6. The predicted molar refractivity (Wildman–Crippen MR) is 62.9 cm³/mol. The van der Waals surface area contributed by atoms with Crippen LogP contribution in [0.3, 0.4) is 0 Å². The summed E-state index contributed by atoms with van der Waals surface area (Å²) in [7, 11) is 0. The number of hydrogen-bond acceptors (Lipinski definition) is 4. The summed E-state index contributed by atoms with van der Waals surface area (Å²) in [5.74, 6) is -0.428. The van der Waals surface area contributed by atoms with Crippen LogP contribution in [0.15, 0.2) is 41.5 Å². The third-order valence-corrected chi connectivity index (χ3v) is 2.68. The van der Waals surface area contributed by atoms with Gasteiger partial charge in [-0.1, -0.05) is 0 Å². The van der Waals surface area contributed by atoms with Crippen molar-refractivity contribution >= 4 is 17.1 Å². The van der Waals surface area contributed by atoms with E-state index in [2.05, 4.69) is 9.97 Å². The number of rotatable bonds is 3. The highest BCUT2D eigenvalue weighted by molar-refractivity contribution is 5.93. The average molecular weight is 245 g/mol. The molecule has 0 saturated heterocycles. The number of aromatic amines is 1. The fourth-order valence-electron chi connectivity index (χ4n) is 1.72. The Morgan fingerprint density at radius 2 is 2.50 bits per heavy atom. The summed E-state index contributed by atoms with van der Waals surface area (Å²) in [5.41, 5.74) is 1.78. The number of carbonyl (C=O) groups is 1. The van der Waals surface area contributed by atoms with E-state index >= 15 is 0 Å². The molecular weight excluding hydrogens is 234 g/mol. The Morgan fingerprint density at radius 1 is 1.61 bits per heavy atom. The van der Waals surface area contributed by atoms with Crippen LogP contribution in [0.5, 0.6) is 0 Å². The second kappa shape index (κ2) is 4.06. The van der Waals surface area contributed by atoms with Gasteiger partial charge in [0.05, 0.1) is 18.1 Å². The number of aromatic nitrogens is 3. The maximum Gasteiger partial charge on any atom is 0.356 e. The van der Waals surface area contributed by atoms with Crippen molar-refractivity contribution in [3.63, 3.8) is 0 Å². The molecule has 18 heavy (non-hydrogen) atoms. The summed E-state index contributed by atoms with van der Waals surface area (Å²) < 4.78 is 12.2. The van der Waals surface area contributed by atoms with Gasteiger partial charge in [-0.2, -0.15) is 0 Å². The van der Waals surface area contributed by atoms with E-state index in [-0.39, 0.29) is 0 Å². The number of ether oxygens (including phenoxy) is 1. The standard InChI is InChI=1S/C12H11N3O3/c1-8(15-4-3-13-7-15)18-12(16)10-6-11-9(14-10)2-5-17-11/h2-8,14H,1H3. The summed E-state index contributed by atoms with van der Waals surface area (Å²) in [6.07, 6.45) is 6.11. The van der Waals surface area contributed by atoms with Crippen LogP contribution in [0.4, 0.5) is 0 Å². The molecule has 0 aliphatic carbocycles. The van der Waals surface area contributed by atoms with E-state index in [1.165, 1.54) is 0 Å². The lowest BCUT2D eigenvalue weighted by Crippen LogP contribution is -2.13. The molecule has 3 aromatic heterocycles. The van der Waals surface area contributed by atoms with E-state index in [1.54, 1.807) is 48.6 Å². The predicted octanol–water partition coefficient (Wildman–Crippen LogP) is 2.33. The number of nitrogens with one attached hydrogen (secondary N) is 1. The number of imidazole rings is 1. The largest absolute Gasteiger partial charge is 0.463 e. The van der Waals surface area contributed by atoms with Gasteiger partial charge in [-0.05, 0) is 6.92 Å². The highest BCUT2D eigenvalue weighted by Gasteiger charge is 2.16. The third kappa shape index (κ3) is 1.77. The lowest BCUT2D eigenvalue weighted by atomic mass is 10.4. The van der Waals surface area contributed by atoms with Crippen LogP contribution in [0.2, 0.25) is 0 Å². The van der Waals surface area contributed by atoms with Crippen molar-refractivity contribution in [3.8, 4) is 0 Å². The SMILES string of the molecule is CC(OC(=O)c1cc2occc2[nH]1)n1ccnc1. The summed E-state index contributed by atoms with van der Waals surface area (Å²) in [5, 5.41) is 0. The highest BCUT2D eigenvalue weighted by Crippen LogP contribution is 2.18. The molecule has 1 N–H and O–H groups in total. The molecule has 3 aromatic rings. The van der Waals surface area contributed by atoms with Gasteiger partial charge in [-0.3, -0.25) is 0 Å². The Kier molecular flexibility index (Phi) is 2.40. The van der Waals surface area contributed by atoms with Crippen molar-refractivity contribution in [1.82, 2.24) is 14.5 Å². The Balaban J connectivity index is 1.77. The minimum Gasteiger partial charge on any atom is -0.463 e. The zero-order chi connectivity index (χ0) is 12.5. The molecular formula is C12H11N3O3. The maximum absolute atomic E-state index is 11.9. The molecule has 6 heteroatoms. The third-order valence-electron chi connectivity index (χ3n) is 2.68. The molecule has 0 radical (unpaired) electrons. The molecule has 0 saturated carbocycles. The zero-order valence-corrected chi connectivity index (χ0v) is 9.66. The van der Waals surface area contributed by atoms with Crippen molar-refractivity contribution in [2.75, 3.05) is 0 Å². The van der Waals surface area contributed by atoms with Gasteiger partial charge in [0.25, 0.3) is 0 Å². The molecule has 0 bridgehead atoms. The van der Waals surface area contributed by atoms with E-state index in [1.807, 2.05) is 0 Å². The Bertz CT molecular complexity index is 637. The van der Waals surface area contributed by atoms with Crippen molar-refractivity contribution in [3.05, 3.63) is 42.8 Å². The van der Waals surface area contributed by atoms with Crippen LogP contribution in [0, 0.1) is 0 Å². The van der Waals surface area contributed by atoms with Crippen LogP contribution in [0.25, 0.3) is 11.1 Å². The van der Waals surface area contributed by atoms with Crippen LogP contribution in [-0.4, -0.2) is 20.5 Å². The van der Waals surface area contributed by atoms with E-state index in [0.29, 0.717) is 11.3 Å². The van der Waals surface area contributed by atoms with Crippen LogP contribution < -0.4 is 0 Å². The fourth-order valence-corrected chi connectivity index (χ4v) is 1.72. The molecule has 6 nitrogen and oxygen atoms in total. The van der Waals surface area contributed by atoms with Gasteiger partial charge in [0.15, 0.2) is 11.8 Å². The molecule has 0 spiro atoms. The summed E-state index contributed by atoms with van der Waals surface area (Å²) in [4.78, 5) is 18.7. The lowest BCUT2D eigenvalue weighted by Gasteiger charge is -2.13. The number of H-pyrrole nitrogens is 1. The fraction of sp³-hybridized carbons (Fsp3) is 0.167. The molecule has 3 heterocycles. The minimum absolute atomic E-state index is 0.372. The number of carbonyl (C=O) groups excluding carboxylic acids is 1. The number of esters is 1. The Labute approximate surface area is 102 Å². The van der Waals surface area contributed by atoms with Gasteiger partial charge in [0.2, 0.25) is 0 Å². The van der Waals surface area contributed by atoms with Crippen LogP contribution in [-0.2, 0) is 4.74 Å². The smallest absolute Gasteiger partial charge is 0.356 e. The average Bonchev–Trinajstić information content (AvgIpc) is 3.05. The molecule has 1 atom stereocenters. The van der Waals surface area contributed by atoms with E-state index in [4.69, 9.17) is 9.15 Å². The minimum atomic E-state index is -0.428. The van der Waals surface area contributed by atoms with E-state index in [9.17, 15) is 4.79 Å². The van der Waals surface area contributed by atoms with Crippen LogP contribution >= 0.6 is 0 Å². The molecule has 1 unspecified atom stereocenters. The lowest BCUT2D eigenvalue weighted by molar-refractivity contribution is 0.0151. The second-order valence-corrected chi connectivity index (χ2v) is 3.90. The summed E-state index contributed by atoms with van der Waals surface area (Å²) in [6, 6.07) is 3.38. The maximum atomic E-state index is 11.9. The number of fused-ring (bicyclic) bond motifs is 1. The molecule has 0 aliphatic rings. The van der Waals surface area contributed by atoms with Gasteiger partial charge in [0.1, 0.15) is 5.69 Å². The molecule has 0 aromatic carbocycles. The highest BCUT2D eigenvalue weighted by atomic mass is 16.6. The Hall–Kier alpha value is -2.50. The molecule has 0 aliphatic heterocycles. The first-order chi connectivity index (χ1) is 8.74. The number of nitrogens with zero attached hydrogens (tertiary/aromatic N) is 2. The molecule has 3 rings (SSSR count).